The number of benzene rings is 2. The lowest BCUT2D eigenvalue weighted by Gasteiger charge is -2.17. The molecule has 0 fully saturated rings. The molecule has 29 heavy (non-hydrogen) atoms. The molecular weight excluding hydrogens is 386 g/mol. The summed E-state index contributed by atoms with van der Waals surface area (Å²) >= 11 is 1.28. The van der Waals surface area contributed by atoms with Crippen molar-refractivity contribution in [1.29, 1.82) is 0 Å². The first-order valence-electron chi connectivity index (χ1n) is 9.22. The zero-order valence-corrected chi connectivity index (χ0v) is 16.9. The topological polar surface area (TPSA) is 88.2 Å². The molecule has 2 amide bonds. The molecule has 146 valence electrons. The number of nitrogens with zero attached hydrogens (tertiary/aromatic N) is 1. The van der Waals surface area contributed by atoms with Gasteiger partial charge in [0, 0.05) is 28.6 Å². The highest BCUT2D eigenvalue weighted by Gasteiger charge is 2.21. The molecule has 6 nitrogen and oxygen atoms in total. The molecule has 0 saturated heterocycles. The highest BCUT2D eigenvalue weighted by molar-refractivity contribution is 7.14. The Morgan fingerprint density at radius 3 is 2.72 bits per heavy atom. The Morgan fingerprint density at radius 1 is 1.10 bits per heavy atom. The number of anilines is 2. The van der Waals surface area contributed by atoms with E-state index in [0.29, 0.717) is 29.2 Å². The molecule has 2 heterocycles. The normalized spacial score (nSPS) is 12.8. The number of carbonyl (C=O) groups is 3. The van der Waals surface area contributed by atoms with Crippen LogP contribution in [0.4, 0.5) is 10.8 Å². The van der Waals surface area contributed by atoms with E-state index in [9.17, 15) is 14.4 Å². The Balaban J connectivity index is 1.49. The second kappa shape index (κ2) is 7.60. The van der Waals surface area contributed by atoms with Gasteiger partial charge < -0.3 is 5.32 Å². The largest absolute Gasteiger partial charge is 0.326 e. The minimum atomic E-state index is -0.730. The van der Waals surface area contributed by atoms with Gasteiger partial charge in [-0.15, -0.1) is 11.3 Å². The molecule has 1 aliphatic rings. The average Bonchev–Trinajstić information content (AvgIpc) is 3.15. The third-order valence-corrected chi connectivity index (χ3v) is 5.61. The van der Waals surface area contributed by atoms with E-state index in [0.717, 1.165) is 22.4 Å². The van der Waals surface area contributed by atoms with Gasteiger partial charge in [0.1, 0.15) is 0 Å². The summed E-state index contributed by atoms with van der Waals surface area (Å²) in [6.45, 7) is 4.05. The summed E-state index contributed by atoms with van der Waals surface area (Å²) in [4.78, 5) is 40.9. The van der Waals surface area contributed by atoms with E-state index in [4.69, 9.17) is 0 Å². The van der Waals surface area contributed by atoms with Crippen LogP contribution in [0, 0.1) is 13.8 Å². The van der Waals surface area contributed by atoms with Crippen molar-refractivity contribution < 1.29 is 14.4 Å². The molecule has 0 spiro atoms. The lowest BCUT2D eigenvalue weighted by atomic mass is 9.98. The van der Waals surface area contributed by atoms with Crippen LogP contribution in [0.25, 0.3) is 11.3 Å². The Labute approximate surface area is 172 Å². The molecule has 1 aliphatic heterocycles. The number of rotatable bonds is 4. The van der Waals surface area contributed by atoms with Crippen molar-refractivity contribution in [3.8, 4) is 11.3 Å². The smallest absolute Gasteiger partial charge is 0.298 e. The van der Waals surface area contributed by atoms with Crippen LogP contribution in [0.3, 0.4) is 0 Å². The number of hydrogen-bond acceptors (Lipinski definition) is 5. The van der Waals surface area contributed by atoms with Crippen molar-refractivity contribution in [2.75, 3.05) is 10.6 Å². The summed E-state index contributed by atoms with van der Waals surface area (Å²) < 4.78 is 0. The summed E-state index contributed by atoms with van der Waals surface area (Å²) in [6, 6.07) is 11.0. The maximum absolute atomic E-state index is 12.5. The van der Waals surface area contributed by atoms with E-state index in [1.165, 1.54) is 16.9 Å². The average molecular weight is 405 g/mol. The summed E-state index contributed by atoms with van der Waals surface area (Å²) in [5, 5.41) is 7.60. The third kappa shape index (κ3) is 3.95. The highest BCUT2D eigenvalue weighted by atomic mass is 32.1. The van der Waals surface area contributed by atoms with Crippen LogP contribution in [0.5, 0.6) is 0 Å². The van der Waals surface area contributed by atoms with Gasteiger partial charge in [-0.25, -0.2) is 4.98 Å². The van der Waals surface area contributed by atoms with E-state index in [-0.39, 0.29) is 5.91 Å². The van der Waals surface area contributed by atoms with Gasteiger partial charge in [-0.1, -0.05) is 23.8 Å². The van der Waals surface area contributed by atoms with Crippen LogP contribution in [0.2, 0.25) is 0 Å². The maximum Gasteiger partial charge on any atom is 0.298 e. The second-order valence-corrected chi connectivity index (χ2v) is 7.92. The van der Waals surface area contributed by atoms with Crippen molar-refractivity contribution in [2.24, 2.45) is 0 Å². The van der Waals surface area contributed by atoms with Crippen LogP contribution < -0.4 is 10.6 Å². The lowest BCUT2D eigenvalue weighted by molar-refractivity contribution is -0.116. The van der Waals surface area contributed by atoms with Crippen molar-refractivity contribution in [3.63, 3.8) is 0 Å². The molecule has 0 atom stereocenters. The predicted molar refractivity (Wildman–Crippen MR) is 113 cm³/mol. The van der Waals surface area contributed by atoms with Gasteiger partial charge in [0.25, 0.3) is 11.7 Å². The zero-order chi connectivity index (χ0) is 20.5. The first-order chi connectivity index (χ1) is 13.9. The Kier molecular flexibility index (Phi) is 4.98. The number of thiazole rings is 1. The van der Waals surface area contributed by atoms with E-state index in [1.807, 2.05) is 31.4 Å². The van der Waals surface area contributed by atoms with Crippen LogP contribution in [-0.2, 0) is 16.0 Å². The van der Waals surface area contributed by atoms with Gasteiger partial charge in [-0.05, 0) is 49.6 Å². The summed E-state index contributed by atoms with van der Waals surface area (Å²) in [5.41, 5.74) is 5.88. The number of ketones is 1. The van der Waals surface area contributed by atoms with E-state index in [1.54, 1.807) is 18.2 Å². The molecule has 2 N–H and O–H groups in total. The number of aryl methyl sites for hydroxylation is 3. The van der Waals surface area contributed by atoms with Gasteiger partial charge in [0.15, 0.2) is 5.13 Å². The quantitative estimate of drug-likeness (QED) is 0.505. The number of fused-ring (bicyclic) bond motifs is 1. The molecule has 4 rings (SSSR count). The van der Waals surface area contributed by atoms with Gasteiger partial charge >= 0.3 is 0 Å². The summed E-state index contributed by atoms with van der Waals surface area (Å²) in [6.07, 6.45) is 0.923. The van der Waals surface area contributed by atoms with E-state index in [2.05, 4.69) is 21.7 Å². The molecule has 7 heteroatoms. The van der Waals surface area contributed by atoms with Gasteiger partial charge in [0.05, 0.1) is 5.69 Å². The Hall–Kier alpha value is -3.32. The number of amides is 2. The molecular formula is C22H19N3O3S. The van der Waals surface area contributed by atoms with Crippen molar-refractivity contribution in [1.82, 2.24) is 4.98 Å². The van der Waals surface area contributed by atoms with Crippen molar-refractivity contribution >= 4 is 39.8 Å². The number of carbonyl (C=O) groups excluding carboxylic acids is 3. The van der Waals surface area contributed by atoms with Crippen LogP contribution in [0.15, 0.2) is 41.8 Å². The molecule has 0 radical (unpaired) electrons. The summed E-state index contributed by atoms with van der Waals surface area (Å²) in [7, 11) is 0. The number of hydrogen-bond donors (Lipinski definition) is 2. The molecule has 0 saturated carbocycles. The second-order valence-electron chi connectivity index (χ2n) is 7.06. The number of nitrogens with one attached hydrogen (secondary N) is 2. The third-order valence-electron chi connectivity index (χ3n) is 4.85. The minimum Gasteiger partial charge on any atom is -0.326 e. The van der Waals surface area contributed by atoms with Crippen LogP contribution in [0.1, 0.15) is 33.5 Å². The number of aromatic nitrogens is 1. The summed E-state index contributed by atoms with van der Waals surface area (Å²) in [5.74, 6) is -1.41. The molecule has 0 aliphatic carbocycles. The standard InChI is InChI=1S/C22H19N3O3S/c1-12-3-6-16(13(2)9-12)18-11-29-22(24-18)25-21(28)20(27)15-4-7-17-14(10-15)5-8-19(26)23-17/h3-4,6-7,9-11H,5,8H2,1-2H3,(H,23,26)(H,24,25,28). The zero-order valence-electron chi connectivity index (χ0n) is 16.0. The van der Waals surface area contributed by atoms with Gasteiger partial charge in [-0.2, -0.15) is 0 Å². The first-order valence-corrected chi connectivity index (χ1v) is 10.1. The van der Waals surface area contributed by atoms with E-state index < -0.39 is 11.7 Å². The SMILES string of the molecule is Cc1ccc(-c2csc(NC(=O)C(=O)c3ccc4c(c3)CCC(=O)N4)n2)c(C)c1. The van der Waals surface area contributed by atoms with Gasteiger partial charge in [-0.3, -0.25) is 19.7 Å². The minimum absolute atomic E-state index is 0.0438. The van der Waals surface area contributed by atoms with Crippen LogP contribution >= 0.6 is 11.3 Å². The fraction of sp³-hybridized carbons (Fsp3) is 0.182. The lowest BCUT2D eigenvalue weighted by Crippen LogP contribution is -2.24. The highest BCUT2D eigenvalue weighted by Crippen LogP contribution is 2.28. The van der Waals surface area contributed by atoms with Crippen LogP contribution in [-0.4, -0.2) is 22.6 Å². The Bertz CT molecular complexity index is 1150. The van der Waals surface area contributed by atoms with E-state index >= 15 is 0 Å². The monoisotopic (exact) mass is 405 g/mol. The molecule has 3 aromatic rings. The Morgan fingerprint density at radius 2 is 1.93 bits per heavy atom. The fourth-order valence-electron chi connectivity index (χ4n) is 3.37. The molecule has 2 aromatic carbocycles. The first kappa shape index (κ1) is 19.0. The molecule has 0 bridgehead atoms. The van der Waals surface area contributed by atoms with Crippen molar-refractivity contribution in [2.45, 2.75) is 26.7 Å². The predicted octanol–water partition coefficient (Wildman–Crippen LogP) is 4.13. The van der Waals surface area contributed by atoms with Gasteiger partial charge in [0.2, 0.25) is 5.91 Å². The molecule has 0 unspecified atom stereocenters. The molecule has 1 aromatic heterocycles. The fourth-order valence-corrected chi connectivity index (χ4v) is 4.07. The van der Waals surface area contributed by atoms with Crippen molar-refractivity contribution in [3.05, 3.63) is 64.0 Å². The maximum atomic E-state index is 12.5. The number of Topliss-reactive ketones (excluding diaryl/α,β-unsaturated/α-hetero) is 1.